The normalized spacial score (nSPS) is 11.9. The molecule has 2 N–H and O–H groups in total. The Morgan fingerprint density at radius 3 is 2.18 bits per heavy atom. The highest BCUT2D eigenvalue weighted by molar-refractivity contribution is 7.89. The summed E-state index contributed by atoms with van der Waals surface area (Å²) in [7, 11) is -1.98. The first kappa shape index (κ1) is 32.4. The molecule has 9 nitrogen and oxygen atoms in total. The van der Waals surface area contributed by atoms with Gasteiger partial charge in [-0.25, -0.2) is 13.1 Å². The third-order valence-electron chi connectivity index (χ3n) is 7.15. The lowest BCUT2D eigenvalue weighted by Crippen LogP contribution is -2.50. The summed E-state index contributed by atoms with van der Waals surface area (Å²) in [5.74, 6) is 0.221. The van der Waals surface area contributed by atoms with Gasteiger partial charge >= 0.3 is 0 Å². The number of aryl methyl sites for hydroxylation is 1. The minimum atomic E-state index is -3.57. The van der Waals surface area contributed by atoms with Gasteiger partial charge < -0.3 is 15.0 Å². The summed E-state index contributed by atoms with van der Waals surface area (Å²) in [4.78, 5) is 33.9. The summed E-state index contributed by atoms with van der Waals surface area (Å²) in [5.41, 5.74) is 3.31. The Bertz CT molecular complexity index is 1600. The van der Waals surface area contributed by atoms with Crippen molar-refractivity contribution in [3.63, 3.8) is 0 Å². The molecule has 0 aliphatic carbocycles. The predicted molar refractivity (Wildman–Crippen MR) is 169 cm³/mol. The predicted octanol–water partition coefficient (Wildman–Crippen LogP) is 4.28. The summed E-state index contributed by atoms with van der Waals surface area (Å²) >= 11 is 0. The maximum Gasteiger partial charge on any atom is 0.243 e. The average molecular weight is 615 g/mol. The highest BCUT2D eigenvalue weighted by atomic mass is 32.2. The number of carbonyl (C=O) groups excluding carboxylic acids is 2. The van der Waals surface area contributed by atoms with Gasteiger partial charge in [0.1, 0.15) is 11.8 Å². The van der Waals surface area contributed by atoms with E-state index in [1.165, 1.54) is 12.1 Å². The van der Waals surface area contributed by atoms with Crippen LogP contribution in [-0.4, -0.2) is 49.8 Å². The number of methoxy groups -OCH3 is 1. The smallest absolute Gasteiger partial charge is 0.243 e. The number of sulfonamides is 1. The number of nitrogens with one attached hydrogen (secondary N) is 2. The molecule has 0 aliphatic rings. The van der Waals surface area contributed by atoms with E-state index in [9.17, 15) is 18.0 Å². The van der Waals surface area contributed by atoms with Gasteiger partial charge in [0, 0.05) is 32.1 Å². The van der Waals surface area contributed by atoms with E-state index in [0.717, 1.165) is 16.7 Å². The van der Waals surface area contributed by atoms with Gasteiger partial charge in [-0.2, -0.15) is 0 Å². The van der Waals surface area contributed by atoms with Crippen LogP contribution in [0.1, 0.15) is 35.7 Å². The van der Waals surface area contributed by atoms with Crippen LogP contribution >= 0.6 is 0 Å². The zero-order valence-electron chi connectivity index (χ0n) is 25.0. The number of aromatic nitrogens is 1. The first-order valence-corrected chi connectivity index (χ1v) is 16.0. The van der Waals surface area contributed by atoms with Crippen molar-refractivity contribution in [2.75, 3.05) is 13.7 Å². The largest absolute Gasteiger partial charge is 0.497 e. The van der Waals surface area contributed by atoms with Crippen LogP contribution in [0, 0.1) is 0 Å². The van der Waals surface area contributed by atoms with Crippen LogP contribution in [0.4, 0.5) is 0 Å². The quantitative estimate of drug-likeness (QED) is 0.207. The van der Waals surface area contributed by atoms with Gasteiger partial charge in [-0.05, 0) is 59.5 Å². The van der Waals surface area contributed by atoms with E-state index in [0.29, 0.717) is 30.8 Å². The van der Waals surface area contributed by atoms with Gasteiger partial charge in [0.05, 0.1) is 24.2 Å². The third kappa shape index (κ3) is 9.23. The Kier molecular flexibility index (Phi) is 11.6. The second-order valence-electron chi connectivity index (χ2n) is 10.3. The Morgan fingerprint density at radius 1 is 0.864 bits per heavy atom. The maximum absolute atomic E-state index is 14.0. The third-order valence-corrected chi connectivity index (χ3v) is 8.71. The topological polar surface area (TPSA) is 118 Å². The standard InChI is InChI=1S/C34H38N4O5S/c1-3-37-44(41,42)31-19-14-26(15-20-31)16-21-33(39)38(25-28-12-17-30(43-2)18-13-28)32(23-27-9-5-4-6-10-27)34(40)36-24-29-11-7-8-22-35-29/h4-15,17-20,22,32,37H,3,16,21,23-25H2,1-2H3,(H,36,40)/t32-/m0/s1. The first-order valence-electron chi connectivity index (χ1n) is 14.5. The first-order chi connectivity index (χ1) is 21.3. The lowest BCUT2D eigenvalue weighted by atomic mass is 10.0. The number of benzene rings is 3. The number of ether oxygens (including phenoxy) is 1. The monoisotopic (exact) mass is 614 g/mol. The van der Waals surface area contributed by atoms with Crippen molar-refractivity contribution in [3.8, 4) is 5.75 Å². The zero-order chi connectivity index (χ0) is 31.4. The molecule has 0 fully saturated rings. The molecule has 0 spiro atoms. The molecule has 1 heterocycles. The Hall–Kier alpha value is -4.54. The number of hydrogen-bond donors (Lipinski definition) is 2. The van der Waals surface area contributed by atoms with Crippen LogP contribution in [0.2, 0.25) is 0 Å². The summed E-state index contributed by atoms with van der Waals surface area (Å²) in [5, 5.41) is 2.98. The van der Waals surface area contributed by atoms with Gasteiger partial charge in [-0.15, -0.1) is 0 Å². The van der Waals surface area contributed by atoms with E-state index in [1.54, 1.807) is 37.3 Å². The summed E-state index contributed by atoms with van der Waals surface area (Å²) < 4.78 is 32.4. The molecule has 1 aromatic heterocycles. The van der Waals surface area contributed by atoms with E-state index < -0.39 is 16.1 Å². The van der Waals surface area contributed by atoms with Gasteiger partial charge in [0.15, 0.2) is 0 Å². The average Bonchev–Trinajstić information content (AvgIpc) is 3.05. The minimum Gasteiger partial charge on any atom is -0.497 e. The number of pyridine rings is 1. The lowest BCUT2D eigenvalue weighted by Gasteiger charge is -2.31. The summed E-state index contributed by atoms with van der Waals surface area (Å²) in [6.45, 7) is 2.47. The number of nitrogens with zero attached hydrogens (tertiary/aromatic N) is 2. The van der Waals surface area contributed by atoms with Crippen molar-refractivity contribution in [1.29, 1.82) is 0 Å². The van der Waals surface area contributed by atoms with Crippen LogP contribution in [0.3, 0.4) is 0 Å². The van der Waals surface area contributed by atoms with Crippen molar-refractivity contribution >= 4 is 21.8 Å². The Labute approximate surface area is 259 Å². The summed E-state index contributed by atoms with van der Waals surface area (Å²) in [6, 6.07) is 28.3. The van der Waals surface area contributed by atoms with Crippen LogP contribution < -0.4 is 14.8 Å². The molecule has 1 atom stereocenters. The van der Waals surface area contributed by atoms with E-state index in [-0.39, 0.29) is 36.2 Å². The number of rotatable bonds is 15. The molecular weight excluding hydrogens is 576 g/mol. The fourth-order valence-electron chi connectivity index (χ4n) is 4.78. The second-order valence-corrected chi connectivity index (χ2v) is 12.0. The van der Waals surface area contributed by atoms with E-state index in [1.807, 2.05) is 72.8 Å². The molecule has 0 saturated carbocycles. The van der Waals surface area contributed by atoms with Gasteiger partial charge in [0.25, 0.3) is 0 Å². The molecule has 230 valence electrons. The van der Waals surface area contributed by atoms with Crippen molar-refractivity contribution in [3.05, 3.63) is 126 Å². The number of carbonyl (C=O) groups is 2. The highest BCUT2D eigenvalue weighted by Crippen LogP contribution is 2.20. The molecular formula is C34H38N4O5S. The van der Waals surface area contributed by atoms with Crippen LogP contribution in [0.15, 0.2) is 108 Å². The minimum absolute atomic E-state index is 0.133. The number of amides is 2. The van der Waals surface area contributed by atoms with Crippen molar-refractivity contribution in [2.24, 2.45) is 0 Å². The molecule has 0 radical (unpaired) electrons. The fraction of sp³-hybridized carbons (Fsp3) is 0.265. The second kappa shape index (κ2) is 15.8. The molecule has 2 amide bonds. The lowest BCUT2D eigenvalue weighted by molar-refractivity contribution is -0.141. The molecule has 10 heteroatoms. The molecule has 44 heavy (non-hydrogen) atoms. The molecule has 0 saturated heterocycles. The molecule has 4 rings (SSSR count). The molecule has 0 aliphatic heterocycles. The molecule has 0 unspecified atom stereocenters. The zero-order valence-corrected chi connectivity index (χ0v) is 25.8. The van der Waals surface area contributed by atoms with E-state index in [2.05, 4.69) is 15.0 Å². The number of hydrogen-bond acceptors (Lipinski definition) is 6. The van der Waals surface area contributed by atoms with Crippen LogP contribution in [0.5, 0.6) is 5.75 Å². The van der Waals surface area contributed by atoms with Crippen LogP contribution in [0.25, 0.3) is 0 Å². The van der Waals surface area contributed by atoms with Crippen LogP contribution in [-0.2, 0) is 45.5 Å². The van der Waals surface area contributed by atoms with Gasteiger partial charge in [0.2, 0.25) is 21.8 Å². The van der Waals surface area contributed by atoms with E-state index >= 15 is 0 Å². The van der Waals surface area contributed by atoms with Crippen molar-refractivity contribution in [2.45, 2.75) is 50.2 Å². The summed E-state index contributed by atoms with van der Waals surface area (Å²) in [6.07, 6.45) is 2.51. The molecule has 0 bridgehead atoms. The SMILES string of the molecule is CCNS(=O)(=O)c1ccc(CCC(=O)N(Cc2ccc(OC)cc2)[C@@H](Cc2ccccc2)C(=O)NCc2ccccn2)cc1. The molecule has 3 aromatic carbocycles. The van der Waals surface area contributed by atoms with Gasteiger partial charge in [-0.3, -0.25) is 14.6 Å². The fourth-order valence-corrected chi connectivity index (χ4v) is 5.82. The molecule has 4 aromatic rings. The van der Waals surface area contributed by atoms with Gasteiger partial charge in [-0.1, -0.05) is 67.6 Å². The van der Waals surface area contributed by atoms with Crippen molar-refractivity contribution in [1.82, 2.24) is 19.9 Å². The van der Waals surface area contributed by atoms with E-state index in [4.69, 9.17) is 4.74 Å². The Morgan fingerprint density at radius 2 is 1.55 bits per heavy atom. The maximum atomic E-state index is 14.0. The Balaban J connectivity index is 1.59. The van der Waals surface area contributed by atoms with Crippen molar-refractivity contribution < 1.29 is 22.7 Å². The highest BCUT2D eigenvalue weighted by Gasteiger charge is 2.30.